The molecule has 0 saturated carbocycles. The summed E-state index contributed by atoms with van der Waals surface area (Å²) in [7, 11) is 0. The molecule has 0 bridgehead atoms. The first-order chi connectivity index (χ1) is 11.0. The molecule has 0 aliphatic carbocycles. The highest BCUT2D eigenvalue weighted by atomic mass is 19.4. The molecule has 7 heteroatoms. The minimum atomic E-state index is -4.41. The number of amides is 1. The summed E-state index contributed by atoms with van der Waals surface area (Å²) in [6, 6.07) is 4.19. The molecule has 1 saturated heterocycles. The number of carbonyl (C=O) groups excluding carboxylic acids is 2. The number of hydrogen-bond acceptors (Lipinski definition) is 3. The number of Topliss-reactive ketones (excluding diaryl/α,β-unsaturated/α-hetero) is 1. The van der Waals surface area contributed by atoms with Gasteiger partial charge >= 0.3 is 12.3 Å². The SMILES string of the molecule is CC(C)(C)OC(=O)N1CC(CC(=O)c2ccc(C(F)(F)F)cc2)C1. The molecule has 1 amide bonds. The molecule has 0 N–H and O–H groups in total. The van der Waals surface area contributed by atoms with Gasteiger partial charge in [-0.05, 0) is 32.9 Å². The van der Waals surface area contributed by atoms with Crippen molar-refractivity contribution in [1.29, 1.82) is 0 Å². The molecule has 1 heterocycles. The van der Waals surface area contributed by atoms with Crippen LogP contribution in [-0.4, -0.2) is 35.5 Å². The van der Waals surface area contributed by atoms with Gasteiger partial charge < -0.3 is 9.64 Å². The molecule has 0 unspecified atom stereocenters. The van der Waals surface area contributed by atoms with Gasteiger partial charge in [-0.3, -0.25) is 4.79 Å². The average molecular weight is 343 g/mol. The summed E-state index contributed by atoms with van der Waals surface area (Å²) in [6.07, 6.45) is -4.63. The third-order valence-corrected chi connectivity index (χ3v) is 3.62. The number of likely N-dealkylation sites (tertiary alicyclic amines) is 1. The van der Waals surface area contributed by atoms with Crippen molar-refractivity contribution in [3.63, 3.8) is 0 Å². The van der Waals surface area contributed by atoms with Crippen LogP contribution in [0.5, 0.6) is 0 Å². The van der Waals surface area contributed by atoms with Crippen LogP contribution in [-0.2, 0) is 10.9 Å². The van der Waals surface area contributed by atoms with Gasteiger partial charge in [-0.1, -0.05) is 12.1 Å². The number of carbonyl (C=O) groups is 2. The molecule has 2 rings (SSSR count). The summed E-state index contributed by atoms with van der Waals surface area (Å²) in [5, 5.41) is 0. The number of halogens is 3. The summed E-state index contributed by atoms with van der Waals surface area (Å²) < 4.78 is 42.7. The van der Waals surface area contributed by atoms with Crippen LogP contribution in [0.3, 0.4) is 0 Å². The molecule has 24 heavy (non-hydrogen) atoms. The lowest BCUT2D eigenvalue weighted by molar-refractivity contribution is -0.137. The molecule has 1 aromatic carbocycles. The van der Waals surface area contributed by atoms with E-state index in [0.717, 1.165) is 12.1 Å². The standard InChI is InChI=1S/C17H20F3NO3/c1-16(2,3)24-15(23)21-9-11(10-21)8-14(22)12-4-6-13(7-5-12)17(18,19)20/h4-7,11H,8-10H2,1-3H3. The molecule has 1 fully saturated rings. The van der Waals surface area contributed by atoms with E-state index in [4.69, 9.17) is 4.74 Å². The number of alkyl halides is 3. The number of hydrogen-bond donors (Lipinski definition) is 0. The Morgan fingerprint density at radius 3 is 2.12 bits per heavy atom. The first-order valence-electron chi connectivity index (χ1n) is 7.64. The van der Waals surface area contributed by atoms with Crippen LogP contribution in [0.25, 0.3) is 0 Å². The largest absolute Gasteiger partial charge is 0.444 e. The van der Waals surface area contributed by atoms with Gasteiger partial charge in [0.2, 0.25) is 0 Å². The van der Waals surface area contributed by atoms with E-state index in [1.807, 2.05) is 0 Å². The maximum Gasteiger partial charge on any atom is 0.416 e. The van der Waals surface area contributed by atoms with E-state index in [2.05, 4.69) is 0 Å². The molecule has 0 atom stereocenters. The third-order valence-electron chi connectivity index (χ3n) is 3.62. The van der Waals surface area contributed by atoms with E-state index >= 15 is 0 Å². The topological polar surface area (TPSA) is 46.6 Å². The molecular formula is C17H20F3NO3. The Hall–Kier alpha value is -2.05. The van der Waals surface area contributed by atoms with Crippen LogP contribution in [0, 0.1) is 5.92 Å². The fourth-order valence-electron chi connectivity index (χ4n) is 2.40. The lowest BCUT2D eigenvalue weighted by atomic mass is 9.92. The molecule has 0 radical (unpaired) electrons. The molecule has 4 nitrogen and oxygen atoms in total. The first-order valence-corrected chi connectivity index (χ1v) is 7.64. The lowest BCUT2D eigenvalue weighted by Crippen LogP contribution is -2.52. The Labute approximate surface area is 138 Å². The fourth-order valence-corrected chi connectivity index (χ4v) is 2.40. The first kappa shape index (κ1) is 18.3. The van der Waals surface area contributed by atoms with Gasteiger partial charge in [0.15, 0.2) is 5.78 Å². The van der Waals surface area contributed by atoms with Crippen molar-refractivity contribution in [2.24, 2.45) is 5.92 Å². The maximum atomic E-state index is 12.5. The van der Waals surface area contributed by atoms with Gasteiger partial charge in [-0.15, -0.1) is 0 Å². The van der Waals surface area contributed by atoms with E-state index < -0.39 is 23.4 Å². The van der Waals surface area contributed by atoms with Crippen LogP contribution in [0.4, 0.5) is 18.0 Å². The van der Waals surface area contributed by atoms with Gasteiger partial charge in [0, 0.05) is 31.0 Å². The number of ether oxygens (including phenoxy) is 1. The Kier molecular flexibility index (Phi) is 4.92. The predicted octanol–water partition coefficient (Wildman–Crippen LogP) is 4.15. The van der Waals surface area contributed by atoms with Gasteiger partial charge in [0.1, 0.15) is 5.60 Å². The van der Waals surface area contributed by atoms with Crippen molar-refractivity contribution in [2.45, 2.75) is 39.0 Å². The zero-order valence-corrected chi connectivity index (χ0v) is 13.8. The highest BCUT2D eigenvalue weighted by Gasteiger charge is 2.35. The van der Waals surface area contributed by atoms with Crippen LogP contribution in [0.1, 0.15) is 43.1 Å². The second-order valence-corrected chi connectivity index (χ2v) is 6.95. The predicted molar refractivity (Wildman–Crippen MR) is 81.7 cm³/mol. The summed E-state index contributed by atoms with van der Waals surface area (Å²) >= 11 is 0. The van der Waals surface area contributed by atoms with Gasteiger partial charge in [0.25, 0.3) is 0 Å². The zero-order valence-electron chi connectivity index (χ0n) is 13.8. The summed E-state index contributed by atoms with van der Waals surface area (Å²) in [6.45, 7) is 6.16. The van der Waals surface area contributed by atoms with Gasteiger partial charge in [-0.2, -0.15) is 13.2 Å². The fraction of sp³-hybridized carbons (Fsp3) is 0.529. The number of rotatable bonds is 3. The highest BCUT2D eigenvalue weighted by Crippen LogP contribution is 2.30. The number of nitrogens with zero attached hydrogens (tertiary/aromatic N) is 1. The van der Waals surface area contributed by atoms with Gasteiger partial charge in [-0.25, -0.2) is 4.79 Å². The minimum Gasteiger partial charge on any atom is -0.444 e. The lowest BCUT2D eigenvalue weighted by Gasteiger charge is -2.39. The molecule has 1 aliphatic rings. The van der Waals surface area contributed by atoms with Crippen molar-refractivity contribution >= 4 is 11.9 Å². The second-order valence-electron chi connectivity index (χ2n) is 6.95. The molecule has 132 valence electrons. The number of ketones is 1. The smallest absolute Gasteiger partial charge is 0.416 e. The quantitative estimate of drug-likeness (QED) is 0.775. The van der Waals surface area contributed by atoms with Gasteiger partial charge in [0.05, 0.1) is 5.56 Å². The van der Waals surface area contributed by atoms with Crippen LogP contribution >= 0.6 is 0 Å². The van der Waals surface area contributed by atoms with Crippen LogP contribution in [0.15, 0.2) is 24.3 Å². The van der Waals surface area contributed by atoms with E-state index in [9.17, 15) is 22.8 Å². The summed E-state index contributed by atoms with van der Waals surface area (Å²) in [5.74, 6) is -0.218. The zero-order chi connectivity index (χ0) is 18.1. The minimum absolute atomic E-state index is 0.00677. The Bertz CT molecular complexity index is 611. The number of benzene rings is 1. The van der Waals surface area contributed by atoms with Crippen molar-refractivity contribution in [2.75, 3.05) is 13.1 Å². The van der Waals surface area contributed by atoms with Crippen molar-refractivity contribution < 1.29 is 27.5 Å². The van der Waals surface area contributed by atoms with E-state index in [0.29, 0.717) is 13.1 Å². The highest BCUT2D eigenvalue weighted by molar-refractivity contribution is 5.96. The average Bonchev–Trinajstić information content (AvgIpc) is 2.39. The molecular weight excluding hydrogens is 323 g/mol. The van der Waals surface area contributed by atoms with Crippen LogP contribution < -0.4 is 0 Å². The summed E-state index contributed by atoms with van der Waals surface area (Å²) in [4.78, 5) is 25.4. The Balaban J connectivity index is 1.84. The third kappa shape index (κ3) is 4.72. The Morgan fingerprint density at radius 1 is 1.12 bits per heavy atom. The second kappa shape index (κ2) is 6.45. The molecule has 0 spiro atoms. The summed E-state index contributed by atoms with van der Waals surface area (Å²) in [5.41, 5.74) is -1.10. The van der Waals surface area contributed by atoms with E-state index in [-0.39, 0.29) is 23.7 Å². The van der Waals surface area contributed by atoms with Crippen LogP contribution in [0.2, 0.25) is 0 Å². The monoisotopic (exact) mass is 343 g/mol. The van der Waals surface area contributed by atoms with E-state index in [1.165, 1.54) is 17.0 Å². The molecule has 1 aliphatic heterocycles. The maximum absolute atomic E-state index is 12.5. The normalized spacial score (nSPS) is 15.8. The van der Waals surface area contributed by atoms with E-state index in [1.54, 1.807) is 20.8 Å². The Morgan fingerprint density at radius 2 is 1.67 bits per heavy atom. The van der Waals surface area contributed by atoms with Crippen molar-refractivity contribution in [3.05, 3.63) is 35.4 Å². The molecule has 1 aromatic rings. The van der Waals surface area contributed by atoms with Crippen molar-refractivity contribution in [1.82, 2.24) is 4.90 Å². The molecule has 0 aromatic heterocycles. The van der Waals surface area contributed by atoms with Crippen molar-refractivity contribution in [3.8, 4) is 0 Å².